The molecule has 162 valence electrons. The zero-order valence-corrected chi connectivity index (χ0v) is 19.1. The summed E-state index contributed by atoms with van der Waals surface area (Å²) in [4.78, 5) is 29.7. The third kappa shape index (κ3) is 4.05. The van der Waals surface area contributed by atoms with Crippen LogP contribution in [0.15, 0.2) is 55.0 Å². The van der Waals surface area contributed by atoms with E-state index in [1.54, 1.807) is 30.7 Å². The molecule has 0 bridgehead atoms. The molecule has 0 aliphatic carbocycles. The van der Waals surface area contributed by atoms with E-state index in [1.807, 2.05) is 11.6 Å². The maximum atomic E-state index is 13.1. The number of hydrogen-bond acceptors (Lipinski definition) is 5. The minimum Gasteiger partial charge on any atom is -0.494 e. The molecule has 4 rings (SSSR count). The fourth-order valence-electron chi connectivity index (χ4n) is 3.32. The largest absolute Gasteiger partial charge is 0.494 e. The third-order valence-electron chi connectivity index (χ3n) is 4.87. The van der Waals surface area contributed by atoms with Gasteiger partial charge in [0.15, 0.2) is 11.5 Å². The predicted molar refractivity (Wildman–Crippen MR) is 124 cm³/mol. The van der Waals surface area contributed by atoms with E-state index >= 15 is 0 Å². The number of benzene rings is 2. The highest BCUT2D eigenvalue weighted by Gasteiger charge is 2.19. The normalized spacial score (nSPS) is 10.9. The Bertz CT molecular complexity index is 1360. The number of hydrogen-bond donors (Lipinski definition) is 0. The van der Waals surface area contributed by atoms with Crippen molar-refractivity contribution >= 4 is 57.5 Å². The Morgan fingerprint density at radius 2 is 1.66 bits per heavy atom. The Labute approximate surface area is 198 Å². The molecule has 0 amide bonds. The molecule has 4 aromatic rings. The fraction of sp³-hybridized carbons (Fsp3) is 0.0870. The van der Waals surface area contributed by atoms with Crippen molar-refractivity contribution in [1.29, 1.82) is 0 Å². The molecule has 6 nitrogen and oxygen atoms in total. The second-order valence-electron chi connectivity index (χ2n) is 6.88. The minimum atomic E-state index is -0.709. The zero-order valence-electron chi connectivity index (χ0n) is 16.9. The summed E-state index contributed by atoms with van der Waals surface area (Å²) >= 11 is 18.5. The Balaban J connectivity index is 1.60. The van der Waals surface area contributed by atoms with Crippen LogP contribution in [0.1, 0.15) is 26.3 Å². The standard InChI is InChI=1S/C23H15Cl3N2O4/c1-28-11-15(14-5-6-27-10-19(14)28)21(29)12-3-4-20(16(24)7-12)32-23(30)13-8-17(25)22(31-2)18(26)9-13/h3-11H,1-2H3. The van der Waals surface area contributed by atoms with E-state index in [-0.39, 0.29) is 37.9 Å². The lowest BCUT2D eigenvalue weighted by Gasteiger charge is -2.10. The molecule has 9 heteroatoms. The van der Waals surface area contributed by atoms with Crippen LogP contribution in [0.4, 0.5) is 0 Å². The lowest BCUT2D eigenvalue weighted by molar-refractivity contribution is 0.0734. The molecule has 0 spiro atoms. The molecule has 0 atom stereocenters. The molecule has 0 aliphatic rings. The SMILES string of the molecule is COc1c(Cl)cc(C(=O)Oc2ccc(C(=O)c3cn(C)c4cnccc34)cc2Cl)cc1Cl. The smallest absolute Gasteiger partial charge is 0.343 e. The van der Waals surface area contributed by atoms with Gasteiger partial charge in [-0.2, -0.15) is 0 Å². The fourth-order valence-corrected chi connectivity index (χ4v) is 4.18. The van der Waals surface area contributed by atoms with Crippen molar-refractivity contribution < 1.29 is 19.1 Å². The van der Waals surface area contributed by atoms with Crippen LogP contribution in [-0.4, -0.2) is 28.4 Å². The molecular formula is C23H15Cl3N2O4. The summed E-state index contributed by atoms with van der Waals surface area (Å²) in [5.74, 6) is -0.567. The number of nitrogens with zero attached hydrogens (tertiary/aromatic N) is 2. The number of carbonyl (C=O) groups is 2. The number of fused-ring (bicyclic) bond motifs is 1. The molecule has 0 N–H and O–H groups in total. The van der Waals surface area contributed by atoms with Gasteiger partial charge in [-0.25, -0.2) is 4.79 Å². The van der Waals surface area contributed by atoms with E-state index in [0.29, 0.717) is 11.1 Å². The van der Waals surface area contributed by atoms with Crippen molar-refractivity contribution in [1.82, 2.24) is 9.55 Å². The van der Waals surface area contributed by atoms with Gasteiger partial charge in [0.2, 0.25) is 0 Å². The molecule has 2 aromatic heterocycles. The van der Waals surface area contributed by atoms with E-state index in [1.165, 1.54) is 31.4 Å². The Morgan fingerprint density at radius 3 is 2.31 bits per heavy atom. The highest BCUT2D eigenvalue weighted by molar-refractivity contribution is 6.37. The summed E-state index contributed by atoms with van der Waals surface area (Å²) in [6.45, 7) is 0. The van der Waals surface area contributed by atoms with Crippen LogP contribution in [0.3, 0.4) is 0 Å². The highest BCUT2D eigenvalue weighted by Crippen LogP contribution is 2.35. The lowest BCUT2D eigenvalue weighted by atomic mass is 10.0. The van der Waals surface area contributed by atoms with Crippen LogP contribution in [-0.2, 0) is 7.05 Å². The first kappa shape index (κ1) is 22.1. The minimum absolute atomic E-state index is 0.0957. The van der Waals surface area contributed by atoms with Gasteiger partial charge in [0.1, 0.15) is 5.75 Å². The van der Waals surface area contributed by atoms with Gasteiger partial charge in [-0.3, -0.25) is 9.78 Å². The average Bonchev–Trinajstić information content (AvgIpc) is 3.11. The number of methoxy groups -OCH3 is 1. The van der Waals surface area contributed by atoms with Crippen LogP contribution in [0.2, 0.25) is 15.1 Å². The summed E-state index contributed by atoms with van der Waals surface area (Å²) in [6, 6.07) is 9.02. The molecule has 2 heterocycles. The molecule has 32 heavy (non-hydrogen) atoms. The molecule has 2 aromatic carbocycles. The van der Waals surface area contributed by atoms with Crippen molar-refractivity contribution in [2.24, 2.45) is 7.05 Å². The van der Waals surface area contributed by atoms with Gasteiger partial charge in [-0.15, -0.1) is 0 Å². The van der Waals surface area contributed by atoms with Crippen molar-refractivity contribution in [3.8, 4) is 11.5 Å². The number of ketones is 1. The second kappa shape index (κ2) is 8.82. The first-order chi connectivity index (χ1) is 15.3. The van der Waals surface area contributed by atoms with Crippen molar-refractivity contribution in [3.05, 3.63) is 86.7 Å². The number of halogens is 3. The van der Waals surface area contributed by atoms with Crippen molar-refractivity contribution in [3.63, 3.8) is 0 Å². The summed E-state index contributed by atoms with van der Waals surface area (Å²) < 4.78 is 12.3. The molecule has 0 fully saturated rings. The molecule has 0 aliphatic heterocycles. The number of pyridine rings is 1. The van der Waals surface area contributed by atoms with E-state index in [0.717, 1.165) is 10.9 Å². The number of rotatable bonds is 5. The first-order valence-electron chi connectivity index (χ1n) is 9.28. The molecule has 0 unspecified atom stereocenters. The van der Waals surface area contributed by atoms with E-state index < -0.39 is 5.97 Å². The Hall–Kier alpha value is -3.06. The quantitative estimate of drug-likeness (QED) is 0.196. The first-order valence-corrected chi connectivity index (χ1v) is 10.4. The highest BCUT2D eigenvalue weighted by atomic mass is 35.5. The summed E-state index contributed by atoms with van der Waals surface area (Å²) in [5.41, 5.74) is 1.84. The number of ether oxygens (including phenoxy) is 2. The van der Waals surface area contributed by atoms with Crippen LogP contribution in [0.25, 0.3) is 10.9 Å². The maximum Gasteiger partial charge on any atom is 0.343 e. The Kier molecular flexibility index (Phi) is 6.11. The summed E-state index contributed by atoms with van der Waals surface area (Å²) in [7, 11) is 3.26. The zero-order chi connectivity index (χ0) is 23.0. The number of carbonyl (C=O) groups excluding carboxylic acids is 2. The number of aryl methyl sites for hydroxylation is 1. The summed E-state index contributed by atoms with van der Waals surface area (Å²) in [6.07, 6.45) is 5.07. The molecule has 0 radical (unpaired) electrons. The van der Waals surface area contributed by atoms with E-state index in [9.17, 15) is 9.59 Å². The van der Waals surface area contributed by atoms with Gasteiger partial charge in [0, 0.05) is 36.0 Å². The van der Waals surface area contributed by atoms with E-state index in [2.05, 4.69) is 4.98 Å². The second-order valence-corrected chi connectivity index (χ2v) is 8.11. The average molecular weight is 490 g/mol. The Morgan fingerprint density at radius 1 is 0.969 bits per heavy atom. The maximum absolute atomic E-state index is 13.1. The van der Waals surface area contributed by atoms with Crippen molar-refractivity contribution in [2.75, 3.05) is 7.11 Å². The van der Waals surface area contributed by atoms with Gasteiger partial charge < -0.3 is 14.0 Å². The van der Waals surface area contributed by atoms with Gasteiger partial charge in [0.25, 0.3) is 0 Å². The summed E-state index contributed by atoms with van der Waals surface area (Å²) in [5, 5.41) is 1.23. The van der Waals surface area contributed by atoms with Crippen LogP contribution < -0.4 is 9.47 Å². The van der Waals surface area contributed by atoms with Gasteiger partial charge in [-0.05, 0) is 36.4 Å². The van der Waals surface area contributed by atoms with Gasteiger partial charge in [0.05, 0.1) is 39.5 Å². The van der Waals surface area contributed by atoms with Gasteiger partial charge in [-0.1, -0.05) is 34.8 Å². The van der Waals surface area contributed by atoms with Crippen LogP contribution in [0, 0.1) is 0 Å². The van der Waals surface area contributed by atoms with Crippen LogP contribution >= 0.6 is 34.8 Å². The van der Waals surface area contributed by atoms with E-state index in [4.69, 9.17) is 44.3 Å². The number of esters is 1. The predicted octanol–water partition coefficient (Wildman–Crippen LogP) is 5.99. The van der Waals surface area contributed by atoms with Crippen molar-refractivity contribution in [2.45, 2.75) is 0 Å². The lowest BCUT2D eigenvalue weighted by Crippen LogP contribution is -2.10. The molecule has 0 saturated carbocycles. The van der Waals surface area contributed by atoms with Crippen LogP contribution in [0.5, 0.6) is 11.5 Å². The number of aromatic nitrogens is 2. The molecular weight excluding hydrogens is 475 g/mol. The third-order valence-corrected chi connectivity index (χ3v) is 5.73. The monoisotopic (exact) mass is 488 g/mol. The topological polar surface area (TPSA) is 70.4 Å². The molecule has 0 saturated heterocycles. The van der Waals surface area contributed by atoms with Gasteiger partial charge >= 0.3 is 5.97 Å².